The molecule has 0 saturated heterocycles. The van der Waals surface area contributed by atoms with E-state index in [0.717, 1.165) is 11.1 Å². The number of amides is 2. The van der Waals surface area contributed by atoms with E-state index in [1.54, 1.807) is 31.2 Å². The molecular weight excluding hydrogens is 467 g/mol. The normalized spacial score (nSPS) is 16.0. The quantitative estimate of drug-likeness (QED) is 0.341. The lowest BCUT2D eigenvalue weighted by Gasteiger charge is -2.35. The number of benzene rings is 3. The smallest absolute Gasteiger partial charge is 0.326 e. The second kappa shape index (κ2) is 9.00. The Bertz CT molecular complexity index is 1460. The number of rotatable bonds is 4. The van der Waals surface area contributed by atoms with Crippen LogP contribution in [0, 0.1) is 19.7 Å². The topological polar surface area (TPSA) is 71.3 Å². The molecule has 176 valence electrons. The molecule has 1 aliphatic rings. The highest BCUT2D eigenvalue weighted by molar-refractivity contribution is 6.30. The summed E-state index contributed by atoms with van der Waals surface area (Å²) in [5.41, 5.74) is 4.91. The molecule has 1 N–H and O–H groups in total. The molecule has 3 aromatic carbocycles. The van der Waals surface area contributed by atoms with Crippen molar-refractivity contribution in [1.82, 2.24) is 15.5 Å². The van der Waals surface area contributed by atoms with Crippen LogP contribution in [-0.4, -0.2) is 16.2 Å². The summed E-state index contributed by atoms with van der Waals surface area (Å²) >= 11 is 6.14. The van der Waals surface area contributed by atoms with Crippen molar-refractivity contribution in [3.8, 4) is 11.4 Å². The van der Waals surface area contributed by atoms with Crippen LogP contribution in [0.3, 0.4) is 0 Å². The molecule has 1 unspecified atom stereocenters. The van der Waals surface area contributed by atoms with Gasteiger partial charge in [-0.05, 0) is 62.2 Å². The van der Waals surface area contributed by atoms with E-state index in [0.29, 0.717) is 38.9 Å². The summed E-state index contributed by atoms with van der Waals surface area (Å²) in [5, 5.41) is 7.78. The zero-order valence-electron chi connectivity index (χ0n) is 19.3. The fourth-order valence-electron chi connectivity index (χ4n) is 4.19. The second-order valence-corrected chi connectivity index (χ2v) is 8.93. The first-order valence-corrected chi connectivity index (χ1v) is 11.4. The van der Waals surface area contributed by atoms with Gasteiger partial charge in [0.2, 0.25) is 5.82 Å². The SMILES string of the molecule is CC1=C(c2nc(-c3cccc(Cl)c3)no2)C(c2ccc(C)cc2)NC(=O)N1c1ccc(F)c(C)c1. The van der Waals surface area contributed by atoms with Crippen molar-refractivity contribution in [2.75, 3.05) is 4.90 Å². The first kappa shape index (κ1) is 22.8. The molecule has 1 aromatic heterocycles. The Kier molecular flexibility index (Phi) is 5.86. The summed E-state index contributed by atoms with van der Waals surface area (Å²) in [6.07, 6.45) is 0. The Balaban J connectivity index is 1.66. The Morgan fingerprint density at radius 2 is 1.80 bits per heavy atom. The van der Waals surface area contributed by atoms with Crippen LogP contribution >= 0.6 is 11.6 Å². The summed E-state index contributed by atoms with van der Waals surface area (Å²) in [4.78, 5) is 19.4. The van der Waals surface area contributed by atoms with Crippen LogP contribution in [-0.2, 0) is 0 Å². The molecule has 0 fully saturated rings. The van der Waals surface area contributed by atoms with Crippen LogP contribution in [0.15, 0.2) is 77.0 Å². The van der Waals surface area contributed by atoms with E-state index in [1.165, 1.54) is 11.0 Å². The van der Waals surface area contributed by atoms with Crippen LogP contribution in [0.2, 0.25) is 5.02 Å². The maximum Gasteiger partial charge on any atom is 0.326 e. The van der Waals surface area contributed by atoms with Gasteiger partial charge in [-0.3, -0.25) is 4.90 Å². The standard InChI is InChI=1S/C27H22ClFN4O2/c1-15-7-9-18(10-8-15)24-23(26-31-25(32-35-26)19-5-4-6-20(28)14-19)17(3)33(27(34)30-24)21-11-12-22(29)16(2)13-21/h4-14,24H,1-3H3,(H,30,34). The van der Waals surface area contributed by atoms with E-state index in [2.05, 4.69) is 15.5 Å². The number of nitrogens with one attached hydrogen (secondary N) is 1. The van der Waals surface area contributed by atoms with Crippen LogP contribution < -0.4 is 10.2 Å². The number of aromatic nitrogens is 2. The molecule has 4 aromatic rings. The maximum absolute atomic E-state index is 13.9. The monoisotopic (exact) mass is 488 g/mol. The highest BCUT2D eigenvalue weighted by Crippen LogP contribution is 2.39. The van der Waals surface area contributed by atoms with E-state index >= 15 is 0 Å². The van der Waals surface area contributed by atoms with Crippen molar-refractivity contribution in [1.29, 1.82) is 0 Å². The molecule has 0 spiro atoms. The lowest BCUT2D eigenvalue weighted by atomic mass is 9.94. The number of aryl methyl sites for hydroxylation is 2. The summed E-state index contributed by atoms with van der Waals surface area (Å²) < 4.78 is 19.6. The van der Waals surface area contributed by atoms with Crippen molar-refractivity contribution in [2.45, 2.75) is 26.8 Å². The third-order valence-electron chi connectivity index (χ3n) is 6.03. The summed E-state index contributed by atoms with van der Waals surface area (Å²) in [5.74, 6) is 0.312. The molecule has 5 rings (SSSR count). The van der Waals surface area contributed by atoms with Gasteiger partial charge < -0.3 is 9.84 Å². The third-order valence-corrected chi connectivity index (χ3v) is 6.27. The third kappa shape index (κ3) is 4.31. The van der Waals surface area contributed by atoms with Crippen molar-refractivity contribution < 1.29 is 13.7 Å². The van der Waals surface area contributed by atoms with Crippen molar-refractivity contribution in [3.63, 3.8) is 0 Å². The van der Waals surface area contributed by atoms with Gasteiger partial charge in [0.1, 0.15) is 5.82 Å². The number of anilines is 1. The Morgan fingerprint density at radius 3 is 2.51 bits per heavy atom. The number of carbonyl (C=O) groups is 1. The van der Waals surface area contributed by atoms with Gasteiger partial charge in [-0.25, -0.2) is 9.18 Å². The van der Waals surface area contributed by atoms with Gasteiger partial charge in [0.05, 0.1) is 17.3 Å². The number of hydrogen-bond donors (Lipinski definition) is 1. The minimum Gasteiger partial charge on any atom is -0.334 e. The maximum atomic E-state index is 13.9. The van der Waals surface area contributed by atoms with Gasteiger partial charge in [-0.1, -0.05) is 58.7 Å². The number of hydrogen-bond acceptors (Lipinski definition) is 4. The van der Waals surface area contributed by atoms with Crippen molar-refractivity contribution in [2.24, 2.45) is 0 Å². The van der Waals surface area contributed by atoms with Crippen molar-refractivity contribution in [3.05, 3.63) is 106 Å². The lowest BCUT2D eigenvalue weighted by molar-refractivity contribution is 0.244. The molecule has 0 saturated carbocycles. The van der Waals surface area contributed by atoms with E-state index in [1.807, 2.05) is 50.2 Å². The average Bonchev–Trinajstić information content (AvgIpc) is 3.31. The molecule has 8 heteroatoms. The number of urea groups is 1. The predicted octanol–water partition coefficient (Wildman–Crippen LogP) is 6.85. The molecule has 0 radical (unpaired) electrons. The fourth-order valence-corrected chi connectivity index (χ4v) is 4.38. The van der Waals surface area contributed by atoms with Crippen LogP contribution in [0.4, 0.5) is 14.9 Å². The Labute approximate surface area is 207 Å². The van der Waals surface area contributed by atoms with E-state index in [9.17, 15) is 9.18 Å². The van der Waals surface area contributed by atoms with E-state index in [-0.39, 0.29) is 17.7 Å². The Morgan fingerprint density at radius 1 is 1.03 bits per heavy atom. The number of allylic oxidation sites excluding steroid dienone is 1. The molecule has 0 bridgehead atoms. The molecule has 2 heterocycles. The molecule has 2 amide bonds. The summed E-state index contributed by atoms with van der Waals surface area (Å²) in [6.45, 7) is 5.47. The van der Waals surface area contributed by atoms with E-state index < -0.39 is 6.04 Å². The van der Waals surface area contributed by atoms with Crippen LogP contribution in [0.1, 0.15) is 35.5 Å². The molecule has 1 aliphatic heterocycles. The van der Waals surface area contributed by atoms with Crippen molar-refractivity contribution >= 4 is 28.9 Å². The second-order valence-electron chi connectivity index (χ2n) is 8.49. The molecule has 0 aliphatic carbocycles. The summed E-state index contributed by atoms with van der Waals surface area (Å²) in [7, 11) is 0. The van der Waals surface area contributed by atoms with Gasteiger partial charge in [0.15, 0.2) is 0 Å². The average molecular weight is 489 g/mol. The van der Waals surface area contributed by atoms with E-state index in [4.69, 9.17) is 16.1 Å². The number of halogens is 2. The van der Waals surface area contributed by atoms with Gasteiger partial charge in [-0.2, -0.15) is 4.98 Å². The van der Waals surface area contributed by atoms with Crippen LogP contribution in [0.5, 0.6) is 0 Å². The fraction of sp³-hybridized carbons (Fsp3) is 0.148. The zero-order chi connectivity index (χ0) is 24.7. The predicted molar refractivity (Wildman–Crippen MR) is 133 cm³/mol. The largest absolute Gasteiger partial charge is 0.334 e. The Hall–Kier alpha value is -3.97. The van der Waals surface area contributed by atoms with Crippen LogP contribution in [0.25, 0.3) is 17.0 Å². The van der Waals surface area contributed by atoms with Gasteiger partial charge in [0, 0.05) is 16.3 Å². The zero-order valence-corrected chi connectivity index (χ0v) is 20.1. The van der Waals surface area contributed by atoms with Gasteiger partial charge in [0.25, 0.3) is 5.89 Å². The minimum atomic E-state index is -0.520. The molecular formula is C27H22ClFN4O2. The summed E-state index contributed by atoms with van der Waals surface area (Å²) in [6, 6.07) is 18.8. The van der Waals surface area contributed by atoms with Gasteiger partial charge in [-0.15, -0.1) is 0 Å². The number of nitrogens with zero attached hydrogens (tertiary/aromatic N) is 3. The highest BCUT2D eigenvalue weighted by atomic mass is 35.5. The highest BCUT2D eigenvalue weighted by Gasteiger charge is 2.36. The minimum absolute atomic E-state index is 0.270. The lowest BCUT2D eigenvalue weighted by Crippen LogP contribution is -2.46. The first-order valence-electron chi connectivity index (χ1n) is 11.1. The number of carbonyl (C=O) groups excluding carboxylic acids is 1. The molecule has 6 nitrogen and oxygen atoms in total. The first-order chi connectivity index (χ1) is 16.8. The van der Waals surface area contributed by atoms with Gasteiger partial charge >= 0.3 is 6.03 Å². The molecule has 1 atom stereocenters. The molecule has 35 heavy (non-hydrogen) atoms.